The number of anilines is 1. The molecule has 7 heteroatoms. The molecule has 0 saturated carbocycles. The Kier molecular flexibility index (Phi) is 4.43. The first-order valence-electron chi connectivity index (χ1n) is 7.48. The van der Waals surface area contributed by atoms with Gasteiger partial charge in [-0.2, -0.15) is 5.10 Å². The number of aromatic amines is 1. The van der Waals surface area contributed by atoms with Gasteiger partial charge in [0, 0.05) is 29.8 Å². The summed E-state index contributed by atoms with van der Waals surface area (Å²) in [7, 11) is 1.64. The molecule has 2 heterocycles. The fraction of sp³-hybridized carbons (Fsp3) is 0.375. The fourth-order valence-electron chi connectivity index (χ4n) is 2.85. The molecular formula is C16H19ClN4O2. The zero-order valence-electron chi connectivity index (χ0n) is 13.1. The average molecular weight is 335 g/mol. The number of carbonyl (C=O) groups is 1. The van der Waals surface area contributed by atoms with Crippen LogP contribution >= 0.6 is 11.6 Å². The summed E-state index contributed by atoms with van der Waals surface area (Å²) in [5, 5.41) is 10.4. The third kappa shape index (κ3) is 3.27. The molecule has 0 spiro atoms. The Balaban J connectivity index is 1.68. The highest BCUT2D eigenvalue weighted by molar-refractivity contribution is 6.30. The minimum Gasteiger partial charge on any atom is -0.495 e. The summed E-state index contributed by atoms with van der Waals surface area (Å²) in [6.45, 7) is 3.39. The average Bonchev–Trinajstić information content (AvgIpc) is 3.16. The van der Waals surface area contributed by atoms with E-state index in [-0.39, 0.29) is 11.9 Å². The Morgan fingerprint density at radius 2 is 2.35 bits per heavy atom. The number of aryl methyl sites for hydroxylation is 1. The zero-order valence-corrected chi connectivity index (χ0v) is 13.9. The van der Waals surface area contributed by atoms with E-state index in [4.69, 9.17) is 16.3 Å². The molecule has 1 aliphatic rings. The molecule has 1 amide bonds. The summed E-state index contributed by atoms with van der Waals surface area (Å²) < 4.78 is 5.40. The standard InChI is InChI=1S/C16H19ClN4O2/c1-10-13(8-18-20-10)16(22)19-12-5-6-21(9-12)14-7-11(17)3-4-15(14)23-2/h3-4,7-8,12H,5-6,9H2,1-2H3,(H,18,20)(H,19,22)/t12-/m0/s1. The predicted molar refractivity (Wildman–Crippen MR) is 89.4 cm³/mol. The first-order valence-corrected chi connectivity index (χ1v) is 7.85. The minimum atomic E-state index is -0.0961. The summed E-state index contributed by atoms with van der Waals surface area (Å²) in [6.07, 6.45) is 2.43. The van der Waals surface area contributed by atoms with Crippen LogP contribution in [0, 0.1) is 6.92 Å². The van der Waals surface area contributed by atoms with Crippen molar-refractivity contribution in [3.05, 3.63) is 40.7 Å². The lowest BCUT2D eigenvalue weighted by atomic mass is 10.2. The molecular weight excluding hydrogens is 316 g/mol. The number of amides is 1. The number of H-pyrrole nitrogens is 1. The van der Waals surface area contributed by atoms with Gasteiger partial charge in [0.2, 0.25) is 0 Å². The van der Waals surface area contributed by atoms with Crippen molar-refractivity contribution in [1.82, 2.24) is 15.5 Å². The second-order valence-corrected chi connectivity index (χ2v) is 6.07. The Labute approximate surface area is 139 Å². The number of nitrogens with zero attached hydrogens (tertiary/aromatic N) is 2. The molecule has 1 saturated heterocycles. The summed E-state index contributed by atoms with van der Waals surface area (Å²) in [5.41, 5.74) is 2.31. The van der Waals surface area contributed by atoms with E-state index in [0.717, 1.165) is 36.6 Å². The van der Waals surface area contributed by atoms with Gasteiger partial charge < -0.3 is 15.0 Å². The molecule has 0 bridgehead atoms. The van der Waals surface area contributed by atoms with Crippen molar-refractivity contribution in [3.63, 3.8) is 0 Å². The maximum Gasteiger partial charge on any atom is 0.255 e. The number of nitrogens with one attached hydrogen (secondary N) is 2. The zero-order chi connectivity index (χ0) is 16.4. The molecule has 1 aliphatic heterocycles. The van der Waals surface area contributed by atoms with Crippen LogP contribution in [0.3, 0.4) is 0 Å². The number of methoxy groups -OCH3 is 1. The van der Waals surface area contributed by atoms with Gasteiger partial charge in [0.25, 0.3) is 5.91 Å². The quantitative estimate of drug-likeness (QED) is 0.900. The molecule has 2 aromatic rings. The minimum absolute atomic E-state index is 0.0838. The number of benzene rings is 1. The lowest BCUT2D eigenvalue weighted by Gasteiger charge is -2.21. The molecule has 0 aliphatic carbocycles. The van der Waals surface area contributed by atoms with Crippen molar-refractivity contribution in [3.8, 4) is 5.75 Å². The second-order valence-electron chi connectivity index (χ2n) is 5.63. The monoisotopic (exact) mass is 334 g/mol. The van der Waals surface area contributed by atoms with E-state index in [2.05, 4.69) is 20.4 Å². The highest BCUT2D eigenvalue weighted by atomic mass is 35.5. The number of aromatic nitrogens is 2. The largest absolute Gasteiger partial charge is 0.495 e. The predicted octanol–water partition coefficient (Wildman–Crippen LogP) is 2.39. The van der Waals surface area contributed by atoms with Crippen LogP contribution in [0.2, 0.25) is 5.02 Å². The third-order valence-corrected chi connectivity index (χ3v) is 4.31. The number of carbonyl (C=O) groups excluding carboxylic acids is 1. The van der Waals surface area contributed by atoms with Gasteiger partial charge in [0.05, 0.1) is 24.6 Å². The number of hydrogen-bond acceptors (Lipinski definition) is 4. The van der Waals surface area contributed by atoms with Gasteiger partial charge in [-0.05, 0) is 31.5 Å². The van der Waals surface area contributed by atoms with Gasteiger partial charge in [-0.15, -0.1) is 0 Å². The maximum absolute atomic E-state index is 12.3. The first-order chi connectivity index (χ1) is 11.1. The van der Waals surface area contributed by atoms with E-state index in [9.17, 15) is 4.79 Å². The van der Waals surface area contributed by atoms with Crippen LogP contribution in [0.25, 0.3) is 0 Å². The molecule has 23 heavy (non-hydrogen) atoms. The van der Waals surface area contributed by atoms with Crippen LogP contribution < -0.4 is 15.0 Å². The molecule has 0 unspecified atom stereocenters. The van der Waals surface area contributed by atoms with E-state index in [1.54, 1.807) is 19.4 Å². The lowest BCUT2D eigenvalue weighted by molar-refractivity contribution is 0.0940. The maximum atomic E-state index is 12.3. The van der Waals surface area contributed by atoms with Crippen molar-refractivity contribution < 1.29 is 9.53 Å². The summed E-state index contributed by atoms with van der Waals surface area (Å²) >= 11 is 6.10. The number of ether oxygens (including phenoxy) is 1. The van der Waals surface area contributed by atoms with E-state index >= 15 is 0 Å². The third-order valence-electron chi connectivity index (χ3n) is 4.08. The van der Waals surface area contributed by atoms with Crippen molar-refractivity contribution >= 4 is 23.2 Å². The summed E-state index contributed by atoms with van der Waals surface area (Å²) in [6, 6.07) is 5.64. The first kappa shape index (κ1) is 15.7. The van der Waals surface area contributed by atoms with E-state index in [1.165, 1.54) is 0 Å². The normalized spacial score (nSPS) is 17.3. The summed E-state index contributed by atoms with van der Waals surface area (Å²) in [4.78, 5) is 14.4. The molecule has 1 aromatic heterocycles. The molecule has 0 radical (unpaired) electrons. The Morgan fingerprint density at radius 1 is 1.52 bits per heavy atom. The Bertz CT molecular complexity index is 716. The van der Waals surface area contributed by atoms with Gasteiger partial charge in [0.1, 0.15) is 5.75 Å². The van der Waals surface area contributed by atoms with Crippen molar-refractivity contribution in [2.45, 2.75) is 19.4 Å². The Hall–Kier alpha value is -2.21. The molecule has 6 nitrogen and oxygen atoms in total. The van der Waals surface area contributed by atoms with E-state index in [0.29, 0.717) is 10.6 Å². The van der Waals surface area contributed by atoms with Crippen LogP contribution in [-0.4, -0.2) is 42.3 Å². The fourth-order valence-corrected chi connectivity index (χ4v) is 3.02. The van der Waals surface area contributed by atoms with Gasteiger partial charge >= 0.3 is 0 Å². The molecule has 1 aromatic carbocycles. The lowest BCUT2D eigenvalue weighted by Crippen LogP contribution is -2.37. The van der Waals surface area contributed by atoms with Crippen LogP contribution in [0.5, 0.6) is 5.75 Å². The molecule has 1 atom stereocenters. The molecule has 2 N–H and O–H groups in total. The van der Waals surface area contributed by atoms with Gasteiger partial charge in [-0.3, -0.25) is 9.89 Å². The second kappa shape index (κ2) is 6.50. The number of hydrogen-bond donors (Lipinski definition) is 2. The van der Waals surface area contributed by atoms with E-state index in [1.807, 2.05) is 19.1 Å². The van der Waals surface area contributed by atoms with Crippen LogP contribution in [0.4, 0.5) is 5.69 Å². The smallest absolute Gasteiger partial charge is 0.255 e. The van der Waals surface area contributed by atoms with Crippen LogP contribution in [0.15, 0.2) is 24.4 Å². The van der Waals surface area contributed by atoms with E-state index < -0.39 is 0 Å². The topological polar surface area (TPSA) is 70.2 Å². The number of rotatable bonds is 4. The van der Waals surface area contributed by atoms with Crippen molar-refractivity contribution in [2.75, 3.05) is 25.1 Å². The van der Waals surface area contributed by atoms with Gasteiger partial charge in [-0.25, -0.2) is 0 Å². The van der Waals surface area contributed by atoms with Gasteiger partial charge in [-0.1, -0.05) is 11.6 Å². The van der Waals surface area contributed by atoms with Crippen LogP contribution in [-0.2, 0) is 0 Å². The highest BCUT2D eigenvalue weighted by Gasteiger charge is 2.27. The summed E-state index contributed by atoms with van der Waals surface area (Å²) in [5.74, 6) is 0.688. The van der Waals surface area contributed by atoms with Gasteiger partial charge in [0.15, 0.2) is 0 Å². The number of halogens is 1. The van der Waals surface area contributed by atoms with Crippen LogP contribution in [0.1, 0.15) is 22.5 Å². The Morgan fingerprint density at radius 3 is 3.04 bits per heavy atom. The molecule has 3 rings (SSSR count). The molecule has 122 valence electrons. The van der Waals surface area contributed by atoms with Crippen molar-refractivity contribution in [2.24, 2.45) is 0 Å². The van der Waals surface area contributed by atoms with Crippen molar-refractivity contribution in [1.29, 1.82) is 0 Å². The SMILES string of the molecule is COc1ccc(Cl)cc1N1CC[C@H](NC(=O)c2cn[nH]c2C)C1. The molecule has 1 fully saturated rings. The highest BCUT2D eigenvalue weighted by Crippen LogP contribution is 2.33.